The number of sulfone groups is 1. The van der Waals surface area contributed by atoms with Crippen LogP contribution in [0.25, 0.3) is 16.7 Å². The predicted octanol–water partition coefficient (Wildman–Crippen LogP) is 3.63. The number of aromatic nitrogens is 2. The zero-order valence-corrected chi connectivity index (χ0v) is 14.9. The van der Waals surface area contributed by atoms with Crippen molar-refractivity contribution in [2.45, 2.75) is 11.4 Å². The Morgan fingerprint density at radius 1 is 1.08 bits per heavy atom. The van der Waals surface area contributed by atoms with Gasteiger partial charge in [-0.3, -0.25) is 0 Å². The largest absolute Gasteiger partial charge is 0.472 e. The zero-order chi connectivity index (χ0) is 18.1. The van der Waals surface area contributed by atoms with Crippen LogP contribution in [0.15, 0.2) is 76.6 Å². The maximum atomic E-state index is 11.6. The highest BCUT2D eigenvalue weighted by atomic mass is 32.2. The van der Waals surface area contributed by atoms with Crippen LogP contribution in [-0.4, -0.2) is 24.2 Å². The molecule has 4 rings (SSSR count). The molecule has 0 saturated heterocycles. The van der Waals surface area contributed by atoms with Gasteiger partial charge in [-0.25, -0.2) is 13.4 Å². The number of anilines is 1. The molecular weight excluding hydrogens is 350 g/mol. The Bertz CT molecular complexity index is 1140. The molecule has 0 spiro atoms. The lowest BCUT2D eigenvalue weighted by Crippen LogP contribution is -2.02. The van der Waals surface area contributed by atoms with Crippen LogP contribution in [0, 0.1) is 0 Å². The summed E-state index contributed by atoms with van der Waals surface area (Å²) in [5.41, 5.74) is 2.69. The van der Waals surface area contributed by atoms with Gasteiger partial charge in [-0.05, 0) is 48.5 Å². The molecule has 0 aliphatic carbocycles. The van der Waals surface area contributed by atoms with Gasteiger partial charge in [0, 0.05) is 35.6 Å². The molecule has 0 bridgehead atoms. The molecular formula is C19H17N3O3S. The van der Waals surface area contributed by atoms with Gasteiger partial charge in [0.05, 0.1) is 17.4 Å². The SMILES string of the molecule is CS(=O)(=O)c1ccc(-n2ccc3ccc(NCc4ccoc4)nc32)cc1. The van der Waals surface area contributed by atoms with Crippen LogP contribution in [-0.2, 0) is 16.4 Å². The lowest BCUT2D eigenvalue weighted by molar-refractivity contribution is 0.564. The first kappa shape index (κ1) is 16.4. The van der Waals surface area contributed by atoms with Crippen molar-refractivity contribution in [1.82, 2.24) is 9.55 Å². The molecule has 0 aliphatic heterocycles. The Hall–Kier alpha value is -3.06. The lowest BCUT2D eigenvalue weighted by Gasteiger charge is -2.08. The molecule has 0 radical (unpaired) electrons. The molecule has 3 heterocycles. The van der Waals surface area contributed by atoms with Crippen molar-refractivity contribution in [2.75, 3.05) is 11.6 Å². The Morgan fingerprint density at radius 3 is 2.58 bits per heavy atom. The average Bonchev–Trinajstić information content (AvgIpc) is 3.28. The molecule has 6 nitrogen and oxygen atoms in total. The second-order valence-electron chi connectivity index (χ2n) is 6.05. The number of benzene rings is 1. The summed E-state index contributed by atoms with van der Waals surface area (Å²) in [6, 6.07) is 14.6. The van der Waals surface area contributed by atoms with E-state index < -0.39 is 9.84 Å². The summed E-state index contributed by atoms with van der Waals surface area (Å²) < 4.78 is 30.2. The van der Waals surface area contributed by atoms with E-state index in [-0.39, 0.29) is 0 Å². The van der Waals surface area contributed by atoms with Crippen LogP contribution >= 0.6 is 0 Å². The molecule has 0 fully saturated rings. The Labute approximate surface area is 151 Å². The van der Waals surface area contributed by atoms with Gasteiger partial charge in [0.25, 0.3) is 0 Å². The fourth-order valence-electron chi connectivity index (χ4n) is 2.75. The fraction of sp³-hybridized carbons (Fsp3) is 0.105. The quantitative estimate of drug-likeness (QED) is 0.583. The third-order valence-electron chi connectivity index (χ3n) is 4.13. The summed E-state index contributed by atoms with van der Waals surface area (Å²) in [6.45, 7) is 0.624. The molecule has 0 unspecified atom stereocenters. The summed E-state index contributed by atoms with van der Waals surface area (Å²) in [6.07, 6.45) is 6.45. The summed E-state index contributed by atoms with van der Waals surface area (Å²) in [4.78, 5) is 4.98. The van der Waals surface area contributed by atoms with Crippen molar-refractivity contribution in [3.8, 4) is 5.69 Å². The van der Waals surface area contributed by atoms with Gasteiger partial charge in [0.2, 0.25) is 0 Å². The summed E-state index contributed by atoms with van der Waals surface area (Å²) in [5, 5.41) is 4.28. The second-order valence-corrected chi connectivity index (χ2v) is 8.06. The average molecular weight is 367 g/mol. The van der Waals surface area contributed by atoms with E-state index in [4.69, 9.17) is 4.42 Å². The zero-order valence-electron chi connectivity index (χ0n) is 14.1. The maximum absolute atomic E-state index is 11.6. The van der Waals surface area contributed by atoms with E-state index in [0.29, 0.717) is 11.4 Å². The molecule has 1 N–H and O–H groups in total. The highest BCUT2D eigenvalue weighted by Gasteiger charge is 2.09. The number of fused-ring (bicyclic) bond motifs is 1. The topological polar surface area (TPSA) is 77.1 Å². The summed E-state index contributed by atoms with van der Waals surface area (Å²) >= 11 is 0. The Morgan fingerprint density at radius 2 is 1.88 bits per heavy atom. The van der Waals surface area contributed by atoms with Gasteiger partial charge in [0.1, 0.15) is 11.5 Å². The second kappa shape index (κ2) is 6.34. The van der Waals surface area contributed by atoms with Crippen molar-refractivity contribution in [2.24, 2.45) is 0 Å². The Balaban J connectivity index is 1.66. The highest BCUT2D eigenvalue weighted by Crippen LogP contribution is 2.22. The van der Waals surface area contributed by atoms with E-state index in [2.05, 4.69) is 10.3 Å². The lowest BCUT2D eigenvalue weighted by atomic mass is 10.3. The smallest absolute Gasteiger partial charge is 0.175 e. The minimum absolute atomic E-state index is 0.299. The van der Waals surface area contributed by atoms with Crippen LogP contribution in [0.5, 0.6) is 0 Å². The predicted molar refractivity (Wildman–Crippen MR) is 100 cm³/mol. The van der Waals surface area contributed by atoms with Gasteiger partial charge >= 0.3 is 0 Å². The molecule has 0 amide bonds. The van der Waals surface area contributed by atoms with Crippen molar-refractivity contribution in [1.29, 1.82) is 0 Å². The number of nitrogens with one attached hydrogen (secondary N) is 1. The van der Waals surface area contributed by atoms with Gasteiger partial charge in [-0.15, -0.1) is 0 Å². The number of furan rings is 1. The molecule has 0 atom stereocenters. The molecule has 3 aromatic heterocycles. The van der Waals surface area contributed by atoms with Gasteiger partial charge < -0.3 is 14.3 Å². The van der Waals surface area contributed by atoms with E-state index in [9.17, 15) is 8.42 Å². The molecule has 0 saturated carbocycles. The van der Waals surface area contributed by atoms with Crippen LogP contribution in [0.4, 0.5) is 5.82 Å². The summed E-state index contributed by atoms with van der Waals surface area (Å²) in [5.74, 6) is 0.756. The third kappa shape index (κ3) is 3.21. The normalized spacial score (nSPS) is 11.7. The highest BCUT2D eigenvalue weighted by molar-refractivity contribution is 7.90. The van der Waals surface area contributed by atoms with Crippen molar-refractivity contribution < 1.29 is 12.8 Å². The molecule has 26 heavy (non-hydrogen) atoms. The number of hydrogen-bond acceptors (Lipinski definition) is 5. The van der Waals surface area contributed by atoms with Crippen LogP contribution in [0.1, 0.15) is 5.56 Å². The number of pyridine rings is 1. The first-order chi connectivity index (χ1) is 12.5. The van der Waals surface area contributed by atoms with Gasteiger partial charge in [0.15, 0.2) is 9.84 Å². The van der Waals surface area contributed by atoms with E-state index in [1.165, 1.54) is 6.26 Å². The maximum Gasteiger partial charge on any atom is 0.175 e. The first-order valence-electron chi connectivity index (χ1n) is 8.04. The van der Waals surface area contributed by atoms with E-state index in [1.54, 1.807) is 36.8 Å². The standard InChI is InChI=1S/C19H17N3O3S/c1-26(23,24)17-5-3-16(4-6-17)22-10-8-15-2-7-18(21-19(15)22)20-12-14-9-11-25-13-14/h2-11,13H,12H2,1H3,(H,20,21). The van der Waals surface area contributed by atoms with Gasteiger partial charge in [-0.2, -0.15) is 0 Å². The minimum Gasteiger partial charge on any atom is -0.472 e. The van der Waals surface area contributed by atoms with Crippen molar-refractivity contribution >= 4 is 26.7 Å². The molecule has 132 valence electrons. The minimum atomic E-state index is -3.21. The van der Waals surface area contributed by atoms with Crippen LogP contribution in [0.2, 0.25) is 0 Å². The summed E-state index contributed by atoms with van der Waals surface area (Å²) in [7, 11) is -3.21. The molecule has 7 heteroatoms. The number of rotatable bonds is 5. The number of hydrogen-bond donors (Lipinski definition) is 1. The monoisotopic (exact) mass is 367 g/mol. The van der Waals surface area contributed by atoms with Crippen LogP contribution < -0.4 is 5.32 Å². The fourth-order valence-corrected chi connectivity index (χ4v) is 3.38. The van der Waals surface area contributed by atoms with E-state index in [0.717, 1.165) is 28.1 Å². The van der Waals surface area contributed by atoms with Crippen molar-refractivity contribution in [3.63, 3.8) is 0 Å². The van der Waals surface area contributed by atoms with Gasteiger partial charge in [-0.1, -0.05) is 0 Å². The van der Waals surface area contributed by atoms with Crippen molar-refractivity contribution in [3.05, 3.63) is 72.8 Å². The molecule has 0 aliphatic rings. The third-order valence-corrected chi connectivity index (χ3v) is 5.26. The Kier molecular flexibility index (Phi) is 4.00. The van der Waals surface area contributed by atoms with Crippen LogP contribution in [0.3, 0.4) is 0 Å². The molecule has 1 aromatic carbocycles. The van der Waals surface area contributed by atoms with E-state index in [1.807, 2.05) is 35.0 Å². The molecule has 4 aromatic rings. The first-order valence-corrected chi connectivity index (χ1v) is 9.93. The number of nitrogens with zero attached hydrogens (tertiary/aromatic N) is 2. The van der Waals surface area contributed by atoms with E-state index >= 15 is 0 Å².